The number of hydrogen-bond donors (Lipinski definition) is 3. The van der Waals surface area contributed by atoms with Crippen LogP contribution in [0.4, 0.5) is 21.2 Å². The van der Waals surface area contributed by atoms with E-state index in [2.05, 4.69) is 5.32 Å². The summed E-state index contributed by atoms with van der Waals surface area (Å²) in [7, 11) is -1.73. The molecule has 0 saturated carbocycles. The number of nitrogens with two attached hydrogens (primary N) is 1. The summed E-state index contributed by atoms with van der Waals surface area (Å²) in [5.74, 6) is -0.435. The van der Waals surface area contributed by atoms with Gasteiger partial charge in [-0.25, -0.2) is 0 Å². The van der Waals surface area contributed by atoms with Crippen LogP contribution in [0.3, 0.4) is 0 Å². The van der Waals surface area contributed by atoms with E-state index >= 15 is 4.11 Å². The predicted molar refractivity (Wildman–Crippen MR) is 159 cm³/mol. The number of fused-ring (bicyclic) bond motifs is 2. The van der Waals surface area contributed by atoms with Gasteiger partial charge < -0.3 is 34.6 Å². The molecule has 2 heterocycles. The van der Waals surface area contributed by atoms with E-state index in [-0.39, 0.29) is 31.4 Å². The molecule has 0 unspecified atom stereocenters. The quantitative estimate of drug-likeness (QED) is 0.192. The molecule has 0 radical (unpaired) electrons. The molecule has 4 N–H and O–H groups in total. The van der Waals surface area contributed by atoms with Crippen molar-refractivity contribution in [2.75, 3.05) is 29.7 Å². The standard InChI is InChI=1S/C31H36FN3O5Si/c1-19-28(41(3,4)32)27(14-15-36)40-31(19)25-17-24(39-2)12-13-26(25)35(30(31)38)18-20-6-5-7-23(16-20)34-29(37)21-8-10-22(33)11-9-21/h5-13,16-17,19,27-28,36H,14-15,18,33H2,1-4H3,(H,34,37)/t19-,27+,28-,31+/m1/s1. The molecule has 0 bridgehead atoms. The van der Waals surface area contributed by atoms with Crippen molar-refractivity contribution in [2.24, 2.45) is 5.92 Å². The highest BCUT2D eigenvalue weighted by molar-refractivity contribution is 6.72. The Morgan fingerprint density at radius 1 is 1.17 bits per heavy atom. The number of carbonyl (C=O) groups excluding carboxylic acids is 2. The van der Waals surface area contributed by atoms with E-state index < -0.39 is 31.6 Å². The molecule has 216 valence electrons. The molecule has 1 fully saturated rings. The highest BCUT2D eigenvalue weighted by atomic mass is 28.4. The van der Waals surface area contributed by atoms with Gasteiger partial charge in [-0.05, 0) is 79.7 Å². The largest absolute Gasteiger partial charge is 0.497 e. The summed E-state index contributed by atoms with van der Waals surface area (Å²) in [6.45, 7) is 5.21. The van der Waals surface area contributed by atoms with Gasteiger partial charge in [-0.1, -0.05) is 19.1 Å². The lowest BCUT2D eigenvalue weighted by atomic mass is 9.82. The molecule has 8 nitrogen and oxygen atoms in total. The van der Waals surface area contributed by atoms with Gasteiger partial charge in [-0.2, -0.15) is 0 Å². The Morgan fingerprint density at radius 3 is 2.56 bits per heavy atom. The third kappa shape index (κ3) is 5.11. The summed E-state index contributed by atoms with van der Waals surface area (Å²) in [6, 6.07) is 19.4. The maximum absolute atomic E-state index is 15.7. The molecule has 1 spiro atoms. The Labute approximate surface area is 240 Å². The number of halogens is 1. The summed E-state index contributed by atoms with van der Waals surface area (Å²) in [5.41, 5.74) is 7.59. The number of methoxy groups -OCH3 is 1. The third-order valence-corrected chi connectivity index (χ3v) is 10.7. The van der Waals surface area contributed by atoms with Gasteiger partial charge >= 0.3 is 0 Å². The number of aliphatic hydroxyl groups excluding tert-OH is 1. The van der Waals surface area contributed by atoms with Crippen molar-refractivity contribution in [1.82, 2.24) is 0 Å². The minimum absolute atomic E-state index is 0.161. The van der Waals surface area contributed by atoms with E-state index in [1.165, 1.54) is 0 Å². The summed E-state index contributed by atoms with van der Waals surface area (Å²) in [5, 5.41) is 12.7. The van der Waals surface area contributed by atoms with Crippen molar-refractivity contribution in [3.63, 3.8) is 0 Å². The van der Waals surface area contributed by atoms with Crippen molar-refractivity contribution in [3.8, 4) is 5.75 Å². The smallest absolute Gasteiger partial charge is 0.264 e. The maximum atomic E-state index is 15.7. The van der Waals surface area contributed by atoms with Crippen LogP contribution in [0.2, 0.25) is 18.6 Å². The maximum Gasteiger partial charge on any atom is 0.264 e. The molecule has 4 atom stereocenters. The van der Waals surface area contributed by atoms with Gasteiger partial charge in [0.05, 0.1) is 25.4 Å². The number of nitrogens with one attached hydrogen (secondary N) is 1. The Bertz CT molecular complexity index is 1460. The molecule has 5 rings (SSSR count). The second-order valence-electron chi connectivity index (χ2n) is 11.3. The normalized spacial score (nSPS) is 23.6. The van der Waals surface area contributed by atoms with Crippen LogP contribution in [0.1, 0.15) is 34.8 Å². The number of aliphatic hydroxyl groups is 1. The van der Waals surface area contributed by atoms with Crippen molar-refractivity contribution in [1.29, 1.82) is 0 Å². The molecular formula is C31H36FN3O5Si. The van der Waals surface area contributed by atoms with Crippen molar-refractivity contribution in [3.05, 3.63) is 83.4 Å². The van der Waals surface area contributed by atoms with Gasteiger partial charge in [0.1, 0.15) is 5.75 Å². The van der Waals surface area contributed by atoms with Gasteiger partial charge in [0.25, 0.3) is 11.8 Å². The van der Waals surface area contributed by atoms with E-state index in [1.54, 1.807) is 67.6 Å². The van der Waals surface area contributed by atoms with Gasteiger partial charge in [0, 0.05) is 40.6 Å². The van der Waals surface area contributed by atoms with Crippen LogP contribution in [-0.4, -0.2) is 45.1 Å². The Morgan fingerprint density at radius 2 is 1.90 bits per heavy atom. The fourth-order valence-corrected chi connectivity index (χ4v) is 9.02. The zero-order valence-electron chi connectivity index (χ0n) is 23.7. The molecule has 41 heavy (non-hydrogen) atoms. The fourth-order valence-electron chi connectivity index (χ4n) is 6.48. The number of ether oxygens (including phenoxy) is 2. The van der Waals surface area contributed by atoms with Crippen LogP contribution in [-0.2, 0) is 21.7 Å². The summed E-state index contributed by atoms with van der Waals surface area (Å²) >= 11 is 0. The minimum atomic E-state index is -3.29. The first-order valence-corrected chi connectivity index (χ1v) is 16.7. The molecule has 3 aromatic rings. The molecule has 0 aliphatic carbocycles. The van der Waals surface area contributed by atoms with E-state index in [4.69, 9.17) is 15.2 Å². The second-order valence-corrected chi connectivity index (χ2v) is 15.1. The topological polar surface area (TPSA) is 114 Å². The first-order chi connectivity index (χ1) is 19.5. The highest BCUT2D eigenvalue weighted by Gasteiger charge is 2.66. The van der Waals surface area contributed by atoms with E-state index in [9.17, 15) is 14.7 Å². The summed E-state index contributed by atoms with van der Waals surface area (Å²) in [4.78, 5) is 28.8. The minimum Gasteiger partial charge on any atom is -0.497 e. The zero-order chi connectivity index (χ0) is 29.5. The molecule has 0 aromatic heterocycles. The van der Waals surface area contributed by atoms with E-state index in [0.29, 0.717) is 33.9 Å². The van der Waals surface area contributed by atoms with Gasteiger partial charge in [0.2, 0.25) is 8.41 Å². The number of amides is 2. The lowest BCUT2D eigenvalue weighted by molar-refractivity contribution is -0.146. The Balaban J connectivity index is 1.48. The van der Waals surface area contributed by atoms with Gasteiger partial charge in [0.15, 0.2) is 5.60 Å². The van der Waals surface area contributed by atoms with Gasteiger partial charge in [-0.15, -0.1) is 0 Å². The number of rotatable bonds is 8. The van der Waals surface area contributed by atoms with E-state index in [0.717, 1.165) is 5.56 Å². The lowest BCUT2D eigenvalue weighted by Crippen LogP contribution is -2.45. The average Bonchev–Trinajstić information content (AvgIpc) is 3.35. The van der Waals surface area contributed by atoms with Crippen LogP contribution >= 0.6 is 0 Å². The van der Waals surface area contributed by atoms with Crippen LogP contribution < -0.4 is 20.7 Å². The molecule has 2 aliphatic rings. The number of carbonyl (C=O) groups is 2. The zero-order valence-corrected chi connectivity index (χ0v) is 24.7. The van der Waals surface area contributed by atoms with Crippen LogP contribution in [0.5, 0.6) is 5.75 Å². The number of nitrogen functional groups attached to an aromatic ring is 1. The second kappa shape index (κ2) is 10.9. The summed E-state index contributed by atoms with van der Waals surface area (Å²) in [6.07, 6.45) is -0.337. The van der Waals surface area contributed by atoms with Crippen molar-refractivity contribution >= 4 is 37.3 Å². The molecular weight excluding hydrogens is 541 g/mol. The monoisotopic (exact) mass is 577 g/mol. The van der Waals surface area contributed by atoms with E-state index in [1.807, 2.05) is 31.2 Å². The van der Waals surface area contributed by atoms with Crippen molar-refractivity contribution in [2.45, 2.75) is 50.2 Å². The fraction of sp³-hybridized carbons (Fsp3) is 0.355. The highest BCUT2D eigenvalue weighted by Crippen LogP contribution is 2.60. The summed E-state index contributed by atoms with van der Waals surface area (Å²) < 4.78 is 27.8. The number of anilines is 3. The molecule has 2 amide bonds. The number of hydrogen-bond acceptors (Lipinski definition) is 6. The van der Waals surface area contributed by atoms with Crippen molar-refractivity contribution < 1.29 is 28.3 Å². The Kier molecular flexibility index (Phi) is 7.67. The molecule has 2 aliphatic heterocycles. The van der Waals surface area contributed by atoms with Crippen LogP contribution in [0, 0.1) is 5.92 Å². The molecule has 1 saturated heterocycles. The predicted octanol–water partition coefficient (Wildman–Crippen LogP) is 5.23. The third-order valence-electron chi connectivity index (χ3n) is 8.28. The number of nitrogens with zero attached hydrogens (tertiary/aromatic N) is 1. The van der Waals surface area contributed by atoms with Crippen LogP contribution in [0.15, 0.2) is 66.7 Å². The molecule has 10 heteroatoms. The number of benzene rings is 3. The first-order valence-electron chi connectivity index (χ1n) is 13.7. The SMILES string of the molecule is COc1ccc2c(c1)[C@]1(O[C@@H](CCO)[C@H]([Si](C)(C)F)[C@H]1C)C(=O)N2Cc1cccc(NC(=O)c2ccc(N)cc2)c1. The van der Waals surface area contributed by atoms with Crippen LogP contribution in [0.25, 0.3) is 0 Å². The van der Waals surface area contributed by atoms with Gasteiger partial charge in [-0.3, -0.25) is 9.59 Å². The first kappa shape index (κ1) is 28.8. The Hall–Kier alpha value is -3.73. The lowest BCUT2D eigenvalue weighted by Gasteiger charge is -2.31. The average molecular weight is 578 g/mol. The molecule has 3 aromatic carbocycles.